The first-order chi connectivity index (χ1) is 16.9. The number of nitrogens with one attached hydrogen (secondary N) is 2. The molecule has 194 valence electrons. The molecular formula is C28H34F3N3O2. The lowest BCUT2D eigenvalue weighted by molar-refractivity contribution is -0.137. The highest BCUT2D eigenvalue weighted by Crippen LogP contribution is 2.36. The number of hydrogen-bond acceptors (Lipinski definition) is 4. The number of rotatable bonds is 6. The van der Waals surface area contributed by atoms with Crippen LogP contribution >= 0.6 is 0 Å². The molecular weight excluding hydrogens is 467 g/mol. The smallest absolute Gasteiger partial charge is 0.355 e. The highest BCUT2D eigenvalue weighted by Gasteiger charge is 2.47. The molecule has 2 aromatic rings. The van der Waals surface area contributed by atoms with E-state index in [1.54, 1.807) is 51.3 Å². The van der Waals surface area contributed by atoms with Gasteiger partial charge in [-0.15, -0.1) is 0 Å². The molecule has 0 aliphatic carbocycles. The van der Waals surface area contributed by atoms with Crippen molar-refractivity contribution in [2.24, 2.45) is 10.9 Å². The summed E-state index contributed by atoms with van der Waals surface area (Å²) in [6, 6.07) is 9.77. The maximum absolute atomic E-state index is 12.8. The SMILES string of the molecule is CC=N/C(=C\C)c1cc(C2(C)C(=O)CNC2=O)ccc1Nc1ccc(C(F)(F)F)cc1.CCC(C)C. The summed E-state index contributed by atoms with van der Waals surface area (Å²) < 4.78 is 38.5. The van der Waals surface area contributed by atoms with E-state index in [0.717, 1.165) is 18.1 Å². The predicted octanol–water partition coefficient (Wildman–Crippen LogP) is 6.91. The number of anilines is 2. The molecule has 0 bridgehead atoms. The zero-order chi connectivity index (χ0) is 27.1. The molecule has 1 amide bonds. The lowest BCUT2D eigenvalue weighted by Gasteiger charge is -2.22. The predicted molar refractivity (Wildman–Crippen MR) is 139 cm³/mol. The standard InChI is InChI=1S/C23H22F3N3O2.C5H12/c1-4-18(27-5-2)17-12-15(22(3)20(30)13-28-21(22)31)8-11-19(17)29-16-9-6-14(7-10-16)23(24,25)26;1-4-5(2)3/h4-12,29H,13H2,1-3H3,(H,28,31);5H,4H2,1-3H3/b18-4-,27-5?;. The van der Waals surface area contributed by atoms with Gasteiger partial charge in [0.05, 0.1) is 17.8 Å². The largest absolute Gasteiger partial charge is 0.416 e. The van der Waals surface area contributed by atoms with Gasteiger partial charge in [0.15, 0.2) is 5.78 Å². The number of Topliss-reactive ketones (excluding diaryl/α,β-unsaturated/α-hetero) is 1. The van der Waals surface area contributed by atoms with Crippen LogP contribution in [0.2, 0.25) is 0 Å². The van der Waals surface area contributed by atoms with Gasteiger partial charge in [-0.2, -0.15) is 13.2 Å². The van der Waals surface area contributed by atoms with Gasteiger partial charge in [-0.25, -0.2) is 0 Å². The van der Waals surface area contributed by atoms with Gasteiger partial charge in [-0.1, -0.05) is 39.3 Å². The maximum atomic E-state index is 12.8. The first-order valence-electron chi connectivity index (χ1n) is 11.9. The van der Waals surface area contributed by atoms with Crippen molar-refractivity contribution in [3.8, 4) is 0 Å². The van der Waals surface area contributed by atoms with Crippen molar-refractivity contribution < 1.29 is 22.8 Å². The third kappa shape index (κ3) is 6.62. The average Bonchev–Trinajstić information content (AvgIpc) is 3.11. The summed E-state index contributed by atoms with van der Waals surface area (Å²) in [5.41, 5.74) is 0.717. The van der Waals surface area contributed by atoms with Crippen LogP contribution in [-0.2, 0) is 21.2 Å². The van der Waals surface area contributed by atoms with E-state index in [0.29, 0.717) is 28.2 Å². The van der Waals surface area contributed by atoms with Crippen molar-refractivity contribution in [1.82, 2.24) is 5.32 Å². The van der Waals surface area contributed by atoms with Gasteiger partial charge in [0.2, 0.25) is 5.91 Å². The molecule has 1 atom stereocenters. The van der Waals surface area contributed by atoms with Crippen molar-refractivity contribution in [3.05, 3.63) is 65.2 Å². The van der Waals surface area contributed by atoms with Crippen LogP contribution in [0.4, 0.5) is 24.5 Å². The summed E-state index contributed by atoms with van der Waals surface area (Å²) in [6.07, 6.45) is 0.276. The molecule has 8 heteroatoms. The van der Waals surface area contributed by atoms with Crippen molar-refractivity contribution in [2.75, 3.05) is 11.9 Å². The molecule has 2 aromatic carbocycles. The normalized spacial score (nSPS) is 18.3. The number of allylic oxidation sites excluding steroid dienone is 1. The number of aliphatic imine (C=N–C) groups is 1. The van der Waals surface area contributed by atoms with Crippen LogP contribution in [0.5, 0.6) is 0 Å². The van der Waals surface area contributed by atoms with E-state index < -0.39 is 17.2 Å². The highest BCUT2D eigenvalue weighted by atomic mass is 19.4. The molecule has 1 unspecified atom stereocenters. The van der Waals surface area contributed by atoms with Crippen LogP contribution in [0, 0.1) is 5.92 Å². The van der Waals surface area contributed by atoms with Crippen molar-refractivity contribution in [3.63, 3.8) is 0 Å². The quantitative estimate of drug-likeness (QED) is 0.334. The average molecular weight is 502 g/mol. The Morgan fingerprint density at radius 2 is 1.75 bits per heavy atom. The zero-order valence-corrected chi connectivity index (χ0v) is 21.6. The second-order valence-corrected chi connectivity index (χ2v) is 9.05. The summed E-state index contributed by atoms with van der Waals surface area (Å²) in [5.74, 6) is 0.288. The van der Waals surface area contributed by atoms with Crippen molar-refractivity contribution in [2.45, 2.75) is 59.6 Å². The lowest BCUT2D eigenvalue weighted by atomic mass is 9.79. The van der Waals surface area contributed by atoms with E-state index in [1.807, 2.05) is 0 Å². The molecule has 1 heterocycles. The molecule has 5 nitrogen and oxygen atoms in total. The van der Waals surface area contributed by atoms with E-state index in [1.165, 1.54) is 18.6 Å². The maximum Gasteiger partial charge on any atom is 0.416 e. The van der Waals surface area contributed by atoms with Gasteiger partial charge < -0.3 is 10.6 Å². The van der Waals surface area contributed by atoms with E-state index in [-0.39, 0.29) is 18.2 Å². The number of alkyl halides is 3. The summed E-state index contributed by atoms with van der Waals surface area (Å²) in [4.78, 5) is 29.2. The Labute approximate surface area is 210 Å². The highest BCUT2D eigenvalue weighted by molar-refractivity contribution is 6.17. The van der Waals surface area contributed by atoms with Crippen molar-refractivity contribution in [1.29, 1.82) is 0 Å². The molecule has 1 aliphatic rings. The fourth-order valence-electron chi connectivity index (χ4n) is 3.45. The molecule has 0 spiro atoms. The third-order valence-electron chi connectivity index (χ3n) is 6.14. The summed E-state index contributed by atoms with van der Waals surface area (Å²) in [7, 11) is 0. The molecule has 1 fully saturated rings. The van der Waals surface area contributed by atoms with Crippen LogP contribution in [0.25, 0.3) is 5.70 Å². The molecule has 0 aromatic heterocycles. The second kappa shape index (κ2) is 12.0. The van der Waals surface area contributed by atoms with Gasteiger partial charge in [0.1, 0.15) is 5.41 Å². The molecule has 1 saturated heterocycles. The Morgan fingerprint density at radius 1 is 1.14 bits per heavy atom. The minimum absolute atomic E-state index is 0.0280. The number of benzene rings is 2. The van der Waals surface area contributed by atoms with E-state index in [2.05, 4.69) is 36.4 Å². The van der Waals surface area contributed by atoms with Crippen LogP contribution in [-0.4, -0.2) is 24.4 Å². The third-order valence-corrected chi connectivity index (χ3v) is 6.14. The Bertz CT molecular complexity index is 1120. The van der Waals surface area contributed by atoms with E-state index in [4.69, 9.17) is 0 Å². The minimum Gasteiger partial charge on any atom is -0.355 e. The van der Waals surface area contributed by atoms with E-state index in [9.17, 15) is 22.8 Å². The Morgan fingerprint density at radius 3 is 2.19 bits per heavy atom. The van der Waals surface area contributed by atoms with Crippen LogP contribution in [0.15, 0.2) is 53.5 Å². The Kier molecular flexibility index (Phi) is 9.62. The monoisotopic (exact) mass is 501 g/mol. The number of nitrogens with zero attached hydrogens (tertiary/aromatic N) is 1. The topological polar surface area (TPSA) is 70.6 Å². The first-order valence-corrected chi connectivity index (χ1v) is 11.9. The molecule has 36 heavy (non-hydrogen) atoms. The lowest BCUT2D eigenvalue weighted by Crippen LogP contribution is -2.36. The number of carbonyl (C=O) groups excluding carboxylic acids is 2. The molecule has 2 N–H and O–H groups in total. The summed E-state index contributed by atoms with van der Waals surface area (Å²) >= 11 is 0. The fourth-order valence-corrected chi connectivity index (χ4v) is 3.45. The van der Waals surface area contributed by atoms with Crippen molar-refractivity contribution >= 4 is 35.0 Å². The second-order valence-electron chi connectivity index (χ2n) is 9.05. The Balaban J connectivity index is 0.000000830. The van der Waals surface area contributed by atoms with Gasteiger partial charge >= 0.3 is 6.18 Å². The summed E-state index contributed by atoms with van der Waals surface area (Å²) in [5, 5.41) is 5.69. The molecule has 3 rings (SSSR count). The van der Waals surface area contributed by atoms with Gasteiger partial charge in [-0.3, -0.25) is 14.6 Å². The van der Waals surface area contributed by atoms with E-state index >= 15 is 0 Å². The molecule has 1 aliphatic heterocycles. The molecule has 0 saturated carbocycles. The van der Waals surface area contributed by atoms with Gasteiger partial charge in [0.25, 0.3) is 0 Å². The number of ketones is 1. The Hall–Kier alpha value is -3.42. The van der Waals surface area contributed by atoms with Gasteiger partial charge in [-0.05, 0) is 68.7 Å². The van der Waals surface area contributed by atoms with Crippen LogP contribution in [0.1, 0.15) is 64.7 Å². The number of hydrogen-bond donors (Lipinski definition) is 2. The molecule has 0 radical (unpaired) electrons. The minimum atomic E-state index is -4.41. The summed E-state index contributed by atoms with van der Waals surface area (Å²) in [6.45, 7) is 11.8. The van der Waals surface area contributed by atoms with Crippen LogP contribution < -0.4 is 10.6 Å². The number of amides is 1. The zero-order valence-electron chi connectivity index (χ0n) is 21.6. The van der Waals surface area contributed by atoms with Gasteiger partial charge in [0, 0.05) is 23.2 Å². The number of halogens is 3. The first kappa shape index (κ1) is 28.8. The fraction of sp³-hybridized carbons (Fsp3) is 0.393. The number of carbonyl (C=O) groups is 2. The van der Waals surface area contributed by atoms with Crippen LogP contribution in [0.3, 0.4) is 0 Å².